The Labute approximate surface area is 193 Å². The van der Waals surface area contributed by atoms with Gasteiger partial charge in [0.1, 0.15) is 5.82 Å². The molecular formula is C21H27F4N9. The second-order valence-electron chi connectivity index (χ2n) is 9.49. The third-order valence-corrected chi connectivity index (χ3v) is 5.85. The number of nitrogens with one attached hydrogen (secondary N) is 1. The van der Waals surface area contributed by atoms with E-state index in [1.807, 2.05) is 20.8 Å². The Bertz CT molecular complexity index is 1110. The second kappa shape index (κ2) is 9.35. The summed E-state index contributed by atoms with van der Waals surface area (Å²) < 4.78 is 56.0. The number of rotatable bonds is 6. The van der Waals surface area contributed by atoms with E-state index < -0.39 is 23.6 Å². The molecule has 0 aliphatic heterocycles. The molecule has 0 radical (unpaired) electrons. The molecule has 34 heavy (non-hydrogen) atoms. The number of tetrazole rings is 2. The highest BCUT2D eigenvalue weighted by molar-refractivity contribution is 5.32. The average molecular weight is 482 g/mol. The molecule has 1 N–H and O–H groups in total. The lowest BCUT2D eigenvalue weighted by atomic mass is 9.95. The number of nitrogens with zero attached hydrogens (tertiary/aromatic N) is 8. The van der Waals surface area contributed by atoms with Gasteiger partial charge in [0.05, 0.1) is 29.7 Å². The summed E-state index contributed by atoms with van der Waals surface area (Å²) in [5, 5.41) is 27.7. The van der Waals surface area contributed by atoms with Gasteiger partial charge in [0.15, 0.2) is 11.6 Å². The summed E-state index contributed by atoms with van der Waals surface area (Å²) in [6.45, 7) is 5.86. The van der Waals surface area contributed by atoms with Crippen molar-refractivity contribution in [3.05, 3.63) is 46.8 Å². The predicted octanol–water partition coefficient (Wildman–Crippen LogP) is 3.96. The fraction of sp³-hybridized carbons (Fsp3) is 0.619. The number of aromatic nitrogens is 8. The molecule has 13 heteroatoms. The molecule has 0 amide bonds. The molecule has 1 aliphatic carbocycles. The number of benzene rings is 1. The van der Waals surface area contributed by atoms with Crippen LogP contribution in [0, 0.1) is 5.82 Å². The maximum Gasteiger partial charge on any atom is 0.419 e. The Morgan fingerprint density at radius 3 is 2.44 bits per heavy atom. The lowest BCUT2D eigenvalue weighted by Crippen LogP contribution is -2.29. The van der Waals surface area contributed by atoms with Crippen molar-refractivity contribution in [2.75, 3.05) is 0 Å². The van der Waals surface area contributed by atoms with Crippen LogP contribution in [0.15, 0.2) is 18.2 Å². The van der Waals surface area contributed by atoms with E-state index in [1.165, 1.54) is 10.9 Å². The molecule has 3 aromatic rings. The first-order valence-electron chi connectivity index (χ1n) is 11.2. The number of hydrogen-bond donors (Lipinski definition) is 1. The third-order valence-electron chi connectivity index (χ3n) is 5.85. The standard InChI is InChI=1S/C21H27F4N9/c1-20(2,3)34-29-17(27-31-34)12-26-18(13-9-10-16(22)15(11-13)21(23,24)25)19-28-30-32-33(19)14-7-5-4-6-8-14/h9-11,14,18,26H,4-8,12H2,1-3H3. The largest absolute Gasteiger partial charge is 0.419 e. The van der Waals surface area contributed by atoms with E-state index in [0.717, 1.165) is 44.2 Å². The first-order valence-corrected chi connectivity index (χ1v) is 11.2. The van der Waals surface area contributed by atoms with Crippen LogP contribution in [0.5, 0.6) is 0 Å². The molecule has 1 unspecified atom stereocenters. The molecule has 0 spiro atoms. The Kier molecular flexibility index (Phi) is 6.65. The highest BCUT2D eigenvalue weighted by atomic mass is 19.4. The summed E-state index contributed by atoms with van der Waals surface area (Å²) in [6, 6.07) is 2.12. The number of halogens is 4. The van der Waals surface area contributed by atoms with Crippen LogP contribution in [0.25, 0.3) is 0 Å². The number of hydrogen-bond acceptors (Lipinski definition) is 7. The Hall–Kier alpha value is -2.96. The van der Waals surface area contributed by atoms with Gasteiger partial charge in [-0.05, 0) is 66.9 Å². The van der Waals surface area contributed by atoms with E-state index in [0.29, 0.717) is 11.6 Å². The Morgan fingerprint density at radius 1 is 1.06 bits per heavy atom. The lowest BCUT2D eigenvalue weighted by Gasteiger charge is -2.25. The van der Waals surface area contributed by atoms with Crippen molar-refractivity contribution >= 4 is 0 Å². The topological polar surface area (TPSA) is 99.2 Å². The molecule has 1 aromatic carbocycles. The van der Waals surface area contributed by atoms with Crippen LogP contribution in [0.4, 0.5) is 17.6 Å². The summed E-state index contributed by atoms with van der Waals surface area (Å²) in [4.78, 5) is 1.46. The minimum absolute atomic E-state index is 0.0467. The zero-order chi connectivity index (χ0) is 24.5. The van der Waals surface area contributed by atoms with Crippen molar-refractivity contribution in [1.29, 1.82) is 0 Å². The Morgan fingerprint density at radius 2 is 1.79 bits per heavy atom. The van der Waals surface area contributed by atoms with E-state index >= 15 is 0 Å². The van der Waals surface area contributed by atoms with Crippen LogP contribution in [0.2, 0.25) is 0 Å². The summed E-state index contributed by atoms with van der Waals surface area (Å²) in [7, 11) is 0. The van der Waals surface area contributed by atoms with E-state index in [2.05, 4.69) is 36.3 Å². The van der Waals surface area contributed by atoms with Gasteiger partial charge in [-0.3, -0.25) is 5.32 Å². The van der Waals surface area contributed by atoms with E-state index in [-0.39, 0.29) is 23.7 Å². The van der Waals surface area contributed by atoms with Gasteiger partial charge in [-0.15, -0.1) is 15.3 Å². The molecule has 4 rings (SSSR count). The maximum atomic E-state index is 14.0. The van der Waals surface area contributed by atoms with Crippen LogP contribution in [0.3, 0.4) is 0 Å². The van der Waals surface area contributed by atoms with Crippen molar-refractivity contribution in [2.24, 2.45) is 0 Å². The van der Waals surface area contributed by atoms with Crippen LogP contribution in [-0.4, -0.2) is 40.4 Å². The van der Waals surface area contributed by atoms with Gasteiger partial charge in [-0.1, -0.05) is 25.3 Å². The van der Waals surface area contributed by atoms with Crippen molar-refractivity contribution in [1.82, 2.24) is 45.7 Å². The van der Waals surface area contributed by atoms with Gasteiger partial charge >= 0.3 is 6.18 Å². The summed E-state index contributed by atoms with van der Waals surface area (Å²) in [6.07, 6.45) is 0.0920. The van der Waals surface area contributed by atoms with Crippen LogP contribution >= 0.6 is 0 Å². The smallest absolute Gasteiger partial charge is 0.296 e. The molecule has 1 aliphatic rings. The van der Waals surface area contributed by atoms with Crippen molar-refractivity contribution in [2.45, 2.75) is 83.2 Å². The molecule has 0 bridgehead atoms. The first-order chi connectivity index (χ1) is 16.0. The Balaban J connectivity index is 1.69. The van der Waals surface area contributed by atoms with Gasteiger partial charge in [0.25, 0.3) is 0 Å². The van der Waals surface area contributed by atoms with E-state index in [9.17, 15) is 17.6 Å². The highest BCUT2D eigenvalue weighted by Gasteiger charge is 2.36. The minimum atomic E-state index is -4.84. The highest BCUT2D eigenvalue weighted by Crippen LogP contribution is 2.35. The molecule has 184 valence electrons. The molecule has 1 saturated carbocycles. The van der Waals surface area contributed by atoms with Crippen molar-refractivity contribution < 1.29 is 17.6 Å². The third kappa shape index (κ3) is 5.24. The van der Waals surface area contributed by atoms with E-state index in [4.69, 9.17) is 0 Å². The molecular weight excluding hydrogens is 454 g/mol. The zero-order valence-corrected chi connectivity index (χ0v) is 19.2. The quantitative estimate of drug-likeness (QED) is 0.532. The van der Waals surface area contributed by atoms with Crippen LogP contribution < -0.4 is 5.32 Å². The van der Waals surface area contributed by atoms with Gasteiger partial charge in [0, 0.05) is 0 Å². The normalized spacial score (nSPS) is 16.7. The minimum Gasteiger partial charge on any atom is -0.296 e. The SMILES string of the molecule is CC(C)(C)n1nnc(CNC(c2ccc(F)c(C(F)(F)F)c2)c2nnnn2C2CCCCC2)n1. The molecule has 1 atom stereocenters. The van der Waals surface area contributed by atoms with Gasteiger partial charge in [-0.25, -0.2) is 9.07 Å². The average Bonchev–Trinajstić information content (AvgIpc) is 3.45. The fourth-order valence-electron chi connectivity index (χ4n) is 4.07. The molecule has 9 nitrogen and oxygen atoms in total. The van der Waals surface area contributed by atoms with Crippen LogP contribution in [0.1, 0.15) is 87.7 Å². The van der Waals surface area contributed by atoms with Crippen molar-refractivity contribution in [3.63, 3.8) is 0 Å². The second-order valence-corrected chi connectivity index (χ2v) is 9.49. The maximum absolute atomic E-state index is 14.0. The van der Waals surface area contributed by atoms with Gasteiger partial charge in [0.2, 0.25) is 0 Å². The zero-order valence-electron chi connectivity index (χ0n) is 19.2. The molecule has 0 saturated heterocycles. The van der Waals surface area contributed by atoms with Crippen molar-refractivity contribution in [3.8, 4) is 0 Å². The number of alkyl halides is 3. The van der Waals surface area contributed by atoms with Gasteiger partial charge in [-0.2, -0.15) is 18.0 Å². The molecule has 2 heterocycles. The first kappa shape index (κ1) is 24.2. The van der Waals surface area contributed by atoms with Gasteiger partial charge < -0.3 is 0 Å². The summed E-state index contributed by atoms with van der Waals surface area (Å²) in [5.74, 6) is -0.624. The lowest BCUT2D eigenvalue weighted by molar-refractivity contribution is -0.140. The molecule has 2 aromatic heterocycles. The van der Waals surface area contributed by atoms with E-state index in [1.54, 1.807) is 4.68 Å². The monoisotopic (exact) mass is 481 g/mol. The summed E-state index contributed by atoms with van der Waals surface area (Å²) in [5.41, 5.74) is -1.54. The predicted molar refractivity (Wildman–Crippen MR) is 113 cm³/mol. The van der Waals surface area contributed by atoms with Crippen LogP contribution in [-0.2, 0) is 18.3 Å². The summed E-state index contributed by atoms with van der Waals surface area (Å²) >= 11 is 0. The molecule has 1 fully saturated rings. The fourth-order valence-corrected chi connectivity index (χ4v) is 4.07.